The Bertz CT molecular complexity index is 1970. The fourth-order valence-electron chi connectivity index (χ4n) is 7.06. The average Bonchev–Trinajstić information content (AvgIpc) is 3.44. The van der Waals surface area contributed by atoms with Crippen molar-refractivity contribution in [3.8, 4) is 5.69 Å². The highest BCUT2D eigenvalue weighted by Gasteiger charge is 2.43. The highest BCUT2D eigenvalue weighted by molar-refractivity contribution is 8.35. The van der Waals surface area contributed by atoms with Gasteiger partial charge in [0.2, 0.25) is 0 Å². The van der Waals surface area contributed by atoms with Gasteiger partial charge in [0.15, 0.2) is 0 Å². The smallest absolute Gasteiger partial charge is 0.0835 e. The van der Waals surface area contributed by atoms with Crippen molar-refractivity contribution >= 4 is 32.6 Å². The molecule has 0 spiro atoms. The molecule has 0 radical (unpaired) electrons. The lowest BCUT2D eigenvalue weighted by Gasteiger charge is -2.52. The molecule has 1 aliphatic carbocycles. The fraction of sp³-hybridized carbons (Fsp3) is 0.0732. The molecule has 1 aromatic heterocycles. The fourth-order valence-corrected chi connectivity index (χ4v) is 11.6. The molecule has 1 N–H and O–H groups in total. The summed E-state index contributed by atoms with van der Waals surface area (Å²) in [7, 11) is -1.67. The first kappa shape index (κ1) is 26.6. The molecule has 0 saturated carbocycles. The monoisotopic (exact) mass is 586 g/mol. The largest absolute Gasteiger partial charge is 0.376 e. The van der Waals surface area contributed by atoms with Gasteiger partial charge in [-0.1, -0.05) is 121 Å². The highest BCUT2D eigenvalue weighted by Crippen LogP contribution is 2.70. The first-order valence-corrected chi connectivity index (χ1v) is 17.1. The van der Waals surface area contributed by atoms with E-state index in [-0.39, 0.29) is 10.6 Å². The zero-order valence-corrected chi connectivity index (χ0v) is 25.3. The predicted molar refractivity (Wildman–Crippen MR) is 187 cm³/mol. The van der Waals surface area contributed by atoms with Crippen molar-refractivity contribution in [3.05, 3.63) is 187 Å². The molecule has 2 atom stereocenters. The maximum atomic E-state index is 3.94. The third-order valence-corrected chi connectivity index (χ3v) is 13.5. The first-order chi connectivity index (χ1) is 21.8. The Balaban J connectivity index is 1.31. The number of aromatic nitrogens is 1. The number of hydrogen-bond acceptors (Lipinski definition) is 1. The van der Waals surface area contributed by atoms with Crippen molar-refractivity contribution in [2.45, 2.75) is 26.8 Å². The molecule has 1 aliphatic heterocycles. The Kier molecular flexibility index (Phi) is 6.81. The molecule has 2 heterocycles. The molecule has 8 rings (SSSR count). The van der Waals surface area contributed by atoms with Gasteiger partial charge in [-0.25, -0.2) is 0 Å². The molecule has 0 saturated heterocycles. The Morgan fingerprint density at radius 3 is 1.82 bits per heavy atom. The number of rotatable bonds is 6. The second-order valence-corrected chi connectivity index (χ2v) is 14.9. The number of fused-ring (bicyclic) bond motifs is 3. The van der Waals surface area contributed by atoms with Crippen molar-refractivity contribution in [1.82, 2.24) is 9.88 Å². The standard InChI is InChI=1S/C41H34N2S/c1-5-15-31(16-6-1)32-25-28-41(42-30-32)44(34-19-9-3-10-20-34,35-21-11-4-12-22-35)36-26-27-40-38(29-36)37-23-13-14-24-39(37)43(40)33-17-7-2-8-18-33/h1-28,30,36,41-42H,29H2. The number of allylic oxidation sites excluding steroid dienone is 2. The molecule has 5 aromatic carbocycles. The lowest BCUT2D eigenvalue weighted by molar-refractivity contribution is 0.866. The molecular weight excluding hydrogens is 553 g/mol. The summed E-state index contributed by atoms with van der Waals surface area (Å²) in [5.74, 6) is 0. The van der Waals surface area contributed by atoms with Crippen LogP contribution in [0.4, 0.5) is 0 Å². The van der Waals surface area contributed by atoms with Crippen LogP contribution in [0, 0.1) is 0 Å². The number of para-hydroxylation sites is 2. The van der Waals surface area contributed by atoms with Crippen LogP contribution < -0.4 is 5.32 Å². The van der Waals surface area contributed by atoms with Gasteiger partial charge in [0, 0.05) is 28.2 Å². The van der Waals surface area contributed by atoms with Gasteiger partial charge >= 0.3 is 0 Å². The molecular formula is C41H34N2S. The van der Waals surface area contributed by atoms with E-state index < -0.39 is 10.0 Å². The summed E-state index contributed by atoms with van der Waals surface area (Å²) in [6, 6.07) is 52.8. The van der Waals surface area contributed by atoms with Crippen molar-refractivity contribution in [1.29, 1.82) is 0 Å². The SMILES string of the molecule is C1=CC(S(c2ccccc2)(c2ccccc2)C2C=Cc3c(c4ccccc4n3-c3ccccc3)C2)NC=C1c1ccccc1. The van der Waals surface area contributed by atoms with Gasteiger partial charge < -0.3 is 9.88 Å². The quantitative estimate of drug-likeness (QED) is 0.205. The van der Waals surface area contributed by atoms with E-state index in [9.17, 15) is 0 Å². The van der Waals surface area contributed by atoms with Gasteiger partial charge in [0.1, 0.15) is 0 Å². The Hall–Kier alpha value is -4.99. The van der Waals surface area contributed by atoms with Crippen molar-refractivity contribution in [2.75, 3.05) is 0 Å². The molecule has 0 bridgehead atoms. The Labute approximate surface area is 261 Å². The lowest BCUT2D eigenvalue weighted by Crippen LogP contribution is -2.38. The summed E-state index contributed by atoms with van der Waals surface area (Å²) < 4.78 is 2.44. The van der Waals surface area contributed by atoms with Crippen molar-refractivity contribution in [3.63, 3.8) is 0 Å². The third kappa shape index (κ3) is 4.35. The second kappa shape index (κ2) is 11.3. The van der Waals surface area contributed by atoms with Gasteiger partial charge in [-0.2, -0.15) is 10.0 Å². The summed E-state index contributed by atoms with van der Waals surface area (Å²) >= 11 is 0. The summed E-state index contributed by atoms with van der Waals surface area (Å²) in [6.07, 6.45) is 12.9. The summed E-state index contributed by atoms with van der Waals surface area (Å²) in [4.78, 5) is 2.80. The molecule has 0 fully saturated rings. The topological polar surface area (TPSA) is 17.0 Å². The van der Waals surface area contributed by atoms with Crippen LogP contribution in [0.3, 0.4) is 0 Å². The number of dihydropyridines is 1. The Morgan fingerprint density at radius 1 is 0.591 bits per heavy atom. The second-order valence-electron chi connectivity index (χ2n) is 11.4. The minimum atomic E-state index is -1.67. The predicted octanol–water partition coefficient (Wildman–Crippen LogP) is 10.0. The van der Waals surface area contributed by atoms with Gasteiger partial charge in [-0.3, -0.25) is 0 Å². The van der Waals surface area contributed by atoms with Crippen molar-refractivity contribution < 1.29 is 0 Å². The molecule has 6 aromatic rings. The van der Waals surface area contributed by atoms with Crippen LogP contribution in [0.5, 0.6) is 0 Å². The maximum absolute atomic E-state index is 3.94. The normalized spacial score (nSPS) is 18.0. The van der Waals surface area contributed by atoms with E-state index in [0.717, 1.165) is 6.42 Å². The van der Waals surface area contributed by atoms with E-state index in [1.165, 1.54) is 48.8 Å². The minimum Gasteiger partial charge on any atom is -0.376 e. The molecule has 44 heavy (non-hydrogen) atoms. The molecule has 2 unspecified atom stereocenters. The zero-order chi connectivity index (χ0) is 29.3. The Morgan fingerprint density at radius 2 is 1.18 bits per heavy atom. The lowest BCUT2D eigenvalue weighted by atomic mass is 10.0. The van der Waals surface area contributed by atoms with Gasteiger partial charge in [0.25, 0.3) is 0 Å². The van der Waals surface area contributed by atoms with E-state index in [1.807, 2.05) is 0 Å². The highest BCUT2D eigenvalue weighted by atomic mass is 32.3. The number of benzene rings is 5. The maximum Gasteiger partial charge on any atom is 0.0835 e. The van der Waals surface area contributed by atoms with Crippen LogP contribution in [-0.2, 0) is 6.42 Å². The average molecular weight is 587 g/mol. The number of nitrogens with zero attached hydrogens (tertiary/aromatic N) is 1. The summed E-state index contributed by atoms with van der Waals surface area (Å²) in [6.45, 7) is 0. The van der Waals surface area contributed by atoms with Crippen LogP contribution in [0.15, 0.2) is 180 Å². The van der Waals surface area contributed by atoms with E-state index in [0.29, 0.717) is 0 Å². The first-order valence-electron chi connectivity index (χ1n) is 15.3. The molecule has 214 valence electrons. The summed E-state index contributed by atoms with van der Waals surface area (Å²) in [5.41, 5.74) is 7.63. The summed E-state index contributed by atoms with van der Waals surface area (Å²) in [5, 5.41) is 5.69. The van der Waals surface area contributed by atoms with Crippen LogP contribution in [-0.4, -0.2) is 15.2 Å². The van der Waals surface area contributed by atoms with Crippen LogP contribution >= 0.6 is 10.0 Å². The van der Waals surface area contributed by atoms with Gasteiger partial charge in [-0.15, -0.1) is 0 Å². The van der Waals surface area contributed by atoms with Crippen molar-refractivity contribution in [2.24, 2.45) is 0 Å². The number of hydrogen-bond donors (Lipinski definition) is 1. The van der Waals surface area contributed by atoms with Crippen LogP contribution in [0.2, 0.25) is 0 Å². The number of nitrogens with one attached hydrogen (secondary N) is 1. The van der Waals surface area contributed by atoms with Crippen LogP contribution in [0.25, 0.3) is 28.2 Å². The molecule has 2 nitrogen and oxygen atoms in total. The van der Waals surface area contributed by atoms with Gasteiger partial charge in [-0.05, 0) is 81.5 Å². The van der Waals surface area contributed by atoms with E-state index >= 15 is 0 Å². The molecule has 3 heteroatoms. The third-order valence-electron chi connectivity index (χ3n) is 9.01. The van der Waals surface area contributed by atoms with Gasteiger partial charge in [0.05, 0.1) is 10.9 Å². The molecule has 2 aliphatic rings. The zero-order valence-electron chi connectivity index (χ0n) is 24.5. The molecule has 0 amide bonds. The van der Waals surface area contributed by atoms with E-state index in [1.54, 1.807) is 0 Å². The van der Waals surface area contributed by atoms with E-state index in [2.05, 4.69) is 186 Å². The van der Waals surface area contributed by atoms with E-state index in [4.69, 9.17) is 0 Å². The minimum absolute atomic E-state index is 0.124. The van der Waals surface area contributed by atoms with Crippen LogP contribution in [0.1, 0.15) is 16.8 Å².